The molecule has 2 fully saturated rings. The molecule has 23 heavy (non-hydrogen) atoms. The Kier molecular flexibility index (Phi) is 4.64. The average Bonchev–Trinajstić information content (AvgIpc) is 3.02. The van der Waals surface area contributed by atoms with Gasteiger partial charge < -0.3 is 0 Å². The van der Waals surface area contributed by atoms with Crippen LogP contribution in [0, 0.1) is 0 Å². The largest absolute Gasteiger partial charge is 0.298 e. The van der Waals surface area contributed by atoms with E-state index in [2.05, 4.69) is 67.2 Å². The number of piperazine rings is 1. The Labute approximate surface area is 151 Å². The minimum Gasteiger partial charge on any atom is -0.298 e. The maximum atomic E-state index is 4.17. The van der Waals surface area contributed by atoms with E-state index in [4.69, 9.17) is 0 Å². The van der Waals surface area contributed by atoms with Gasteiger partial charge in [0.15, 0.2) is 0 Å². The van der Waals surface area contributed by atoms with Gasteiger partial charge >= 0.3 is 0 Å². The number of rotatable bonds is 3. The molecule has 0 N–H and O–H groups in total. The lowest BCUT2D eigenvalue weighted by Gasteiger charge is -2.44. The second kappa shape index (κ2) is 6.86. The third kappa shape index (κ3) is 3.59. The van der Waals surface area contributed by atoms with Crippen LogP contribution < -0.4 is 0 Å². The topological polar surface area (TPSA) is 37.2 Å². The highest BCUT2D eigenvalue weighted by atomic mass is 127. The zero-order valence-corrected chi connectivity index (χ0v) is 15.4. The minimum absolute atomic E-state index is 0.787. The number of fused-ring (bicyclic) bond motifs is 1. The molecular formula is C17H22IN5. The highest BCUT2D eigenvalue weighted by Crippen LogP contribution is 2.23. The minimum atomic E-state index is 0.787. The summed E-state index contributed by atoms with van der Waals surface area (Å²) in [7, 11) is 0. The van der Waals surface area contributed by atoms with Gasteiger partial charge in [0.25, 0.3) is 0 Å². The van der Waals surface area contributed by atoms with Crippen LogP contribution in [0.25, 0.3) is 11.3 Å². The molecule has 0 radical (unpaired) electrons. The van der Waals surface area contributed by atoms with Crippen LogP contribution in [0.4, 0.5) is 0 Å². The van der Waals surface area contributed by atoms with Crippen LogP contribution in [0.2, 0.25) is 0 Å². The van der Waals surface area contributed by atoms with E-state index >= 15 is 0 Å². The molecule has 2 aromatic rings. The number of aromatic nitrogens is 3. The number of piperidine rings is 1. The van der Waals surface area contributed by atoms with Crippen molar-refractivity contribution in [3.05, 3.63) is 36.0 Å². The Morgan fingerprint density at radius 2 is 1.96 bits per heavy atom. The van der Waals surface area contributed by atoms with Crippen molar-refractivity contribution in [1.82, 2.24) is 23.0 Å². The lowest BCUT2D eigenvalue weighted by Crippen LogP contribution is -2.54. The zero-order valence-electron chi connectivity index (χ0n) is 13.2. The molecule has 2 aliphatic rings. The summed E-state index contributed by atoms with van der Waals surface area (Å²) in [4.78, 5) is 5.30. The van der Waals surface area contributed by atoms with Crippen molar-refractivity contribution < 1.29 is 0 Å². The smallest absolute Gasteiger partial charge is 0.113 e. The van der Waals surface area contributed by atoms with Gasteiger partial charge in [-0.15, -0.1) is 5.10 Å². The molecule has 1 aromatic heterocycles. The molecule has 0 saturated carbocycles. The molecule has 3 heterocycles. The fourth-order valence-corrected chi connectivity index (χ4v) is 4.14. The van der Waals surface area contributed by atoms with Crippen molar-refractivity contribution in [1.29, 1.82) is 0 Å². The molecule has 0 amide bonds. The summed E-state index contributed by atoms with van der Waals surface area (Å²) in [6, 6.07) is 9.57. The number of hydrogen-bond donors (Lipinski definition) is 0. The van der Waals surface area contributed by atoms with Gasteiger partial charge in [0.1, 0.15) is 5.69 Å². The standard InChI is InChI=1S/C17H22IN5/c18-23-13-17(19-20-23)15-6-4-14(5-7-15)11-21-9-10-22-8-2-1-3-16(22)12-21/h4-7,13,16H,1-3,8-12H2. The highest BCUT2D eigenvalue weighted by Gasteiger charge is 2.28. The summed E-state index contributed by atoms with van der Waals surface area (Å²) in [5.41, 5.74) is 3.45. The second-order valence-corrected chi connectivity index (χ2v) is 7.60. The molecule has 1 unspecified atom stereocenters. The molecule has 6 heteroatoms. The van der Waals surface area contributed by atoms with E-state index in [1.54, 1.807) is 2.90 Å². The van der Waals surface area contributed by atoms with Crippen molar-refractivity contribution in [2.45, 2.75) is 31.8 Å². The van der Waals surface area contributed by atoms with Crippen LogP contribution in [-0.4, -0.2) is 55.2 Å². The summed E-state index contributed by atoms with van der Waals surface area (Å²) >= 11 is 2.12. The van der Waals surface area contributed by atoms with Gasteiger partial charge in [-0.25, -0.2) is 0 Å². The number of benzene rings is 1. The molecule has 0 aliphatic carbocycles. The first kappa shape index (κ1) is 15.5. The SMILES string of the molecule is In1cc(-c2ccc(CN3CCN4CCCCC4C3)cc2)nn1. The third-order valence-corrected chi connectivity index (χ3v) is 5.52. The monoisotopic (exact) mass is 423 g/mol. The van der Waals surface area contributed by atoms with Crippen LogP contribution in [0.5, 0.6) is 0 Å². The Balaban J connectivity index is 1.39. The molecular weight excluding hydrogens is 401 g/mol. The molecule has 2 aliphatic heterocycles. The molecule has 1 aromatic carbocycles. The molecule has 5 nitrogen and oxygen atoms in total. The number of nitrogens with zero attached hydrogens (tertiary/aromatic N) is 5. The van der Waals surface area contributed by atoms with Crippen molar-refractivity contribution >= 4 is 22.9 Å². The predicted molar refractivity (Wildman–Crippen MR) is 99.4 cm³/mol. The van der Waals surface area contributed by atoms with Gasteiger partial charge in [0.2, 0.25) is 0 Å². The lowest BCUT2D eigenvalue weighted by atomic mass is 9.99. The van der Waals surface area contributed by atoms with Gasteiger partial charge in [-0.2, -0.15) is 2.90 Å². The van der Waals surface area contributed by atoms with Crippen LogP contribution >= 0.6 is 22.9 Å². The van der Waals surface area contributed by atoms with Crippen LogP contribution in [-0.2, 0) is 6.54 Å². The first-order valence-corrected chi connectivity index (χ1v) is 9.39. The lowest BCUT2D eigenvalue weighted by molar-refractivity contribution is 0.0457. The van der Waals surface area contributed by atoms with Crippen LogP contribution in [0.3, 0.4) is 0 Å². The fraction of sp³-hybridized carbons (Fsp3) is 0.529. The second-order valence-electron chi connectivity index (χ2n) is 6.61. The molecule has 0 bridgehead atoms. The van der Waals surface area contributed by atoms with Gasteiger partial charge in [-0.05, 0) is 24.9 Å². The van der Waals surface area contributed by atoms with E-state index in [1.165, 1.54) is 51.0 Å². The average molecular weight is 423 g/mol. The van der Waals surface area contributed by atoms with Crippen LogP contribution in [0.1, 0.15) is 24.8 Å². The Morgan fingerprint density at radius 1 is 1.09 bits per heavy atom. The van der Waals surface area contributed by atoms with Gasteiger partial charge in [0, 0.05) is 37.8 Å². The maximum absolute atomic E-state index is 4.17. The van der Waals surface area contributed by atoms with E-state index in [-0.39, 0.29) is 0 Å². The van der Waals surface area contributed by atoms with Gasteiger partial charge in [-0.1, -0.05) is 35.9 Å². The van der Waals surface area contributed by atoms with E-state index in [0.717, 1.165) is 23.8 Å². The van der Waals surface area contributed by atoms with E-state index in [0.29, 0.717) is 0 Å². The van der Waals surface area contributed by atoms with Gasteiger partial charge in [-0.3, -0.25) is 9.80 Å². The number of halogens is 1. The third-order valence-electron chi connectivity index (χ3n) is 5.04. The summed E-state index contributed by atoms with van der Waals surface area (Å²) in [5.74, 6) is 0. The van der Waals surface area contributed by atoms with E-state index in [9.17, 15) is 0 Å². The summed E-state index contributed by atoms with van der Waals surface area (Å²) in [5, 5.41) is 8.15. The fourth-order valence-electron chi connectivity index (χ4n) is 3.78. The highest BCUT2D eigenvalue weighted by molar-refractivity contribution is 14.1. The Morgan fingerprint density at radius 3 is 2.74 bits per heavy atom. The summed E-state index contributed by atoms with van der Waals surface area (Å²) in [6.07, 6.45) is 6.11. The molecule has 4 rings (SSSR count). The van der Waals surface area contributed by atoms with Crippen molar-refractivity contribution in [3.8, 4) is 11.3 Å². The van der Waals surface area contributed by atoms with Crippen molar-refractivity contribution in [3.63, 3.8) is 0 Å². The summed E-state index contributed by atoms with van der Waals surface area (Å²) in [6.45, 7) is 6.03. The van der Waals surface area contributed by atoms with E-state index < -0.39 is 0 Å². The quantitative estimate of drug-likeness (QED) is 0.712. The molecule has 2 saturated heterocycles. The van der Waals surface area contributed by atoms with Crippen molar-refractivity contribution in [2.75, 3.05) is 26.2 Å². The summed E-state index contributed by atoms with van der Waals surface area (Å²) < 4.78 is 1.71. The Bertz CT molecular complexity index is 653. The predicted octanol–water partition coefficient (Wildman–Crippen LogP) is 2.81. The zero-order chi connectivity index (χ0) is 15.6. The van der Waals surface area contributed by atoms with Crippen LogP contribution in [0.15, 0.2) is 30.5 Å². The first-order chi connectivity index (χ1) is 11.3. The van der Waals surface area contributed by atoms with Gasteiger partial charge in [0.05, 0.1) is 29.1 Å². The first-order valence-electron chi connectivity index (χ1n) is 8.42. The maximum Gasteiger partial charge on any atom is 0.113 e. The number of hydrogen-bond acceptors (Lipinski definition) is 4. The van der Waals surface area contributed by atoms with Crippen molar-refractivity contribution in [2.24, 2.45) is 0 Å². The Hall–Kier alpha value is -0.990. The van der Waals surface area contributed by atoms with E-state index in [1.807, 2.05) is 6.20 Å². The normalized spacial score (nSPS) is 22.9. The molecule has 0 spiro atoms. The molecule has 122 valence electrons. The molecule has 1 atom stereocenters.